The Morgan fingerprint density at radius 1 is 1.15 bits per heavy atom. The normalized spacial score (nSPS) is 9.08. The molecule has 70 valence electrons. The first-order valence-corrected chi connectivity index (χ1v) is 3.66. The summed E-state index contributed by atoms with van der Waals surface area (Å²) in [5.41, 5.74) is 0. The third-order valence-corrected chi connectivity index (χ3v) is 1.43. The summed E-state index contributed by atoms with van der Waals surface area (Å²) in [4.78, 5) is 10.7. The Hall–Kier alpha value is -1.71. The van der Waals surface area contributed by atoms with Crippen LogP contribution < -0.4 is 9.47 Å². The summed E-state index contributed by atoms with van der Waals surface area (Å²) in [5, 5.41) is 0. The molecule has 13 heavy (non-hydrogen) atoms. The lowest BCUT2D eigenvalue weighted by Crippen LogP contribution is -2.07. The SMILES string of the molecule is COC(=O)Oc1ccccc1OC. The first kappa shape index (κ1) is 9.38. The Morgan fingerprint density at radius 2 is 1.77 bits per heavy atom. The molecule has 1 rings (SSSR count). The third kappa shape index (κ3) is 2.37. The van der Waals surface area contributed by atoms with Gasteiger partial charge < -0.3 is 14.2 Å². The van der Waals surface area contributed by atoms with Gasteiger partial charge in [0, 0.05) is 0 Å². The van der Waals surface area contributed by atoms with Crippen molar-refractivity contribution in [1.82, 2.24) is 0 Å². The Labute approximate surface area is 76.0 Å². The Balaban J connectivity index is 2.81. The lowest BCUT2D eigenvalue weighted by Gasteiger charge is -2.06. The van der Waals surface area contributed by atoms with Crippen LogP contribution in [0, 0.1) is 0 Å². The highest BCUT2D eigenvalue weighted by molar-refractivity contribution is 5.65. The van der Waals surface area contributed by atoms with Gasteiger partial charge in [0.15, 0.2) is 11.5 Å². The van der Waals surface area contributed by atoms with E-state index in [0.717, 1.165) is 0 Å². The van der Waals surface area contributed by atoms with Crippen molar-refractivity contribution in [2.45, 2.75) is 0 Å². The van der Waals surface area contributed by atoms with Crippen LogP contribution in [0.4, 0.5) is 4.79 Å². The van der Waals surface area contributed by atoms with Crippen molar-refractivity contribution < 1.29 is 19.0 Å². The standard InChI is InChI=1S/C9H10O4/c1-11-7-5-3-4-6-8(7)13-9(10)12-2/h3-6H,1-2H3. The molecule has 0 saturated carbocycles. The largest absolute Gasteiger partial charge is 0.513 e. The summed E-state index contributed by atoms with van der Waals surface area (Å²) >= 11 is 0. The van der Waals surface area contributed by atoms with Crippen molar-refractivity contribution in [1.29, 1.82) is 0 Å². The van der Waals surface area contributed by atoms with Gasteiger partial charge in [0.2, 0.25) is 0 Å². The Morgan fingerprint density at radius 3 is 2.31 bits per heavy atom. The summed E-state index contributed by atoms with van der Waals surface area (Å²) in [6.07, 6.45) is -0.760. The second kappa shape index (κ2) is 4.35. The minimum absolute atomic E-state index is 0.344. The topological polar surface area (TPSA) is 44.8 Å². The van der Waals surface area contributed by atoms with Gasteiger partial charge in [-0.2, -0.15) is 0 Å². The van der Waals surface area contributed by atoms with Crippen LogP contribution in [0.15, 0.2) is 24.3 Å². The zero-order valence-corrected chi connectivity index (χ0v) is 7.44. The fraction of sp³-hybridized carbons (Fsp3) is 0.222. The molecular formula is C9H10O4. The molecule has 4 nitrogen and oxygen atoms in total. The molecular weight excluding hydrogens is 172 g/mol. The van der Waals surface area contributed by atoms with E-state index in [9.17, 15) is 4.79 Å². The van der Waals surface area contributed by atoms with Gasteiger partial charge in [-0.1, -0.05) is 12.1 Å². The predicted molar refractivity (Wildman–Crippen MR) is 46.0 cm³/mol. The molecule has 0 saturated heterocycles. The van der Waals surface area contributed by atoms with Crippen molar-refractivity contribution in [3.8, 4) is 11.5 Å². The molecule has 4 heteroatoms. The van der Waals surface area contributed by atoms with Crippen molar-refractivity contribution >= 4 is 6.16 Å². The second-order valence-electron chi connectivity index (χ2n) is 2.21. The zero-order valence-electron chi connectivity index (χ0n) is 7.44. The van der Waals surface area contributed by atoms with Crippen molar-refractivity contribution in [2.24, 2.45) is 0 Å². The molecule has 0 aliphatic heterocycles. The molecule has 0 aliphatic rings. The minimum Gasteiger partial charge on any atom is -0.493 e. The fourth-order valence-corrected chi connectivity index (χ4v) is 0.835. The van der Waals surface area contributed by atoms with Gasteiger partial charge in [-0.15, -0.1) is 0 Å². The summed E-state index contributed by atoms with van der Waals surface area (Å²) in [5.74, 6) is 0.838. The highest BCUT2D eigenvalue weighted by Crippen LogP contribution is 2.25. The van der Waals surface area contributed by atoms with Crippen LogP contribution in [0.5, 0.6) is 11.5 Å². The highest BCUT2D eigenvalue weighted by atomic mass is 16.7. The predicted octanol–water partition coefficient (Wildman–Crippen LogP) is 1.84. The fourth-order valence-electron chi connectivity index (χ4n) is 0.835. The van der Waals surface area contributed by atoms with E-state index < -0.39 is 6.16 Å². The average Bonchev–Trinajstić information content (AvgIpc) is 2.18. The molecule has 0 fully saturated rings. The first-order chi connectivity index (χ1) is 6.27. The summed E-state index contributed by atoms with van der Waals surface area (Å²) in [7, 11) is 2.75. The van der Waals surface area contributed by atoms with E-state index in [4.69, 9.17) is 9.47 Å². The Kier molecular flexibility index (Phi) is 3.14. The maximum atomic E-state index is 10.7. The summed E-state index contributed by atoms with van der Waals surface area (Å²) in [6.45, 7) is 0. The molecule has 0 heterocycles. The van der Waals surface area contributed by atoms with E-state index in [1.807, 2.05) is 0 Å². The van der Waals surface area contributed by atoms with Crippen LogP contribution in [-0.2, 0) is 4.74 Å². The molecule has 0 aromatic heterocycles. The van der Waals surface area contributed by atoms with Crippen LogP contribution in [0.3, 0.4) is 0 Å². The lowest BCUT2D eigenvalue weighted by atomic mass is 10.3. The zero-order chi connectivity index (χ0) is 9.68. The third-order valence-electron chi connectivity index (χ3n) is 1.43. The van der Waals surface area contributed by atoms with Gasteiger partial charge in [-0.25, -0.2) is 4.79 Å². The average molecular weight is 182 g/mol. The van der Waals surface area contributed by atoms with Crippen LogP contribution in [0.25, 0.3) is 0 Å². The minimum atomic E-state index is -0.760. The van der Waals surface area contributed by atoms with Gasteiger partial charge in [-0.05, 0) is 12.1 Å². The number of hydrogen-bond acceptors (Lipinski definition) is 4. The number of carbonyl (C=O) groups is 1. The van der Waals surface area contributed by atoms with E-state index in [1.54, 1.807) is 24.3 Å². The number of hydrogen-bond donors (Lipinski definition) is 0. The lowest BCUT2D eigenvalue weighted by molar-refractivity contribution is 0.120. The summed E-state index contributed by atoms with van der Waals surface area (Å²) in [6, 6.07) is 6.83. The van der Waals surface area contributed by atoms with Gasteiger partial charge in [0.1, 0.15) is 0 Å². The molecule has 0 atom stereocenters. The van der Waals surface area contributed by atoms with Crippen molar-refractivity contribution in [3.05, 3.63) is 24.3 Å². The van der Waals surface area contributed by atoms with Crippen LogP contribution in [-0.4, -0.2) is 20.4 Å². The van der Waals surface area contributed by atoms with E-state index in [-0.39, 0.29) is 0 Å². The van der Waals surface area contributed by atoms with Gasteiger partial charge >= 0.3 is 6.16 Å². The van der Waals surface area contributed by atoms with E-state index in [0.29, 0.717) is 11.5 Å². The van der Waals surface area contributed by atoms with Crippen molar-refractivity contribution in [3.63, 3.8) is 0 Å². The monoisotopic (exact) mass is 182 g/mol. The van der Waals surface area contributed by atoms with Crippen LogP contribution in [0.1, 0.15) is 0 Å². The molecule has 0 N–H and O–H groups in total. The Bertz CT molecular complexity index is 295. The molecule has 0 amide bonds. The molecule has 0 radical (unpaired) electrons. The van der Waals surface area contributed by atoms with Gasteiger partial charge in [0.05, 0.1) is 14.2 Å². The van der Waals surface area contributed by atoms with Crippen LogP contribution >= 0.6 is 0 Å². The first-order valence-electron chi connectivity index (χ1n) is 3.66. The number of benzene rings is 1. The molecule has 0 spiro atoms. The maximum Gasteiger partial charge on any atom is 0.513 e. The smallest absolute Gasteiger partial charge is 0.493 e. The number of methoxy groups -OCH3 is 2. The summed E-state index contributed by atoms with van der Waals surface area (Å²) < 4.78 is 14.1. The maximum absolute atomic E-state index is 10.7. The van der Waals surface area contributed by atoms with E-state index in [2.05, 4.69) is 4.74 Å². The number of rotatable bonds is 2. The van der Waals surface area contributed by atoms with Gasteiger partial charge in [0.25, 0.3) is 0 Å². The second-order valence-corrected chi connectivity index (χ2v) is 2.21. The quantitative estimate of drug-likeness (QED) is 0.517. The highest BCUT2D eigenvalue weighted by Gasteiger charge is 2.07. The molecule has 1 aromatic carbocycles. The molecule has 0 aliphatic carbocycles. The molecule has 1 aromatic rings. The number of carbonyl (C=O) groups excluding carboxylic acids is 1. The molecule has 0 unspecified atom stereocenters. The molecule has 0 bridgehead atoms. The number of para-hydroxylation sites is 2. The van der Waals surface area contributed by atoms with Crippen LogP contribution in [0.2, 0.25) is 0 Å². The number of ether oxygens (including phenoxy) is 3. The van der Waals surface area contributed by atoms with Gasteiger partial charge in [-0.3, -0.25) is 0 Å². The van der Waals surface area contributed by atoms with E-state index >= 15 is 0 Å². The van der Waals surface area contributed by atoms with Crippen molar-refractivity contribution in [2.75, 3.05) is 14.2 Å². The van der Waals surface area contributed by atoms with E-state index in [1.165, 1.54) is 14.2 Å².